The van der Waals surface area contributed by atoms with E-state index in [9.17, 15) is 5.11 Å². The number of unbranched alkanes of at least 4 members (excludes halogenated alkanes) is 5. The predicted molar refractivity (Wildman–Crippen MR) is 186 cm³/mol. The summed E-state index contributed by atoms with van der Waals surface area (Å²) < 4.78 is 44.5. The fourth-order valence-electron chi connectivity index (χ4n) is 5.91. The zero-order valence-corrected chi connectivity index (χ0v) is 30.5. The Morgan fingerprint density at radius 2 is 1.28 bits per heavy atom. The number of thioether (sulfide) groups is 1. The van der Waals surface area contributed by atoms with Crippen LogP contribution in [0.25, 0.3) is 0 Å². The molecule has 0 spiro atoms. The van der Waals surface area contributed by atoms with Crippen molar-refractivity contribution < 1.29 is 38.3 Å². The van der Waals surface area contributed by atoms with Gasteiger partial charge in [-0.1, -0.05) is 66.7 Å². The van der Waals surface area contributed by atoms with E-state index in [1.54, 1.807) is 0 Å². The van der Waals surface area contributed by atoms with Gasteiger partial charge in [-0.25, -0.2) is 0 Å². The maximum atomic E-state index is 13.3. The van der Waals surface area contributed by atoms with Crippen LogP contribution >= 0.6 is 11.8 Å². The molecule has 46 heavy (non-hydrogen) atoms. The van der Waals surface area contributed by atoms with Crippen molar-refractivity contribution in [3.8, 4) is 5.75 Å². The highest BCUT2D eigenvalue weighted by Crippen LogP contribution is 2.55. The summed E-state index contributed by atoms with van der Waals surface area (Å²) in [5.41, 5.74) is 2.64. The van der Waals surface area contributed by atoms with Crippen LogP contribution in [0.15, 0.2) is 12.1 Å². The Morgan fingerprint density at radius 3 is 1.89 bits per heavy atom. The van der Waals surface area contributed by atoms with E-state index < -0.39 is 23.2 Å². The van der Waals surface area contributed by atoms with Crippen LogP contribution in [0, 0.1) is 12.8 Å². The Hall–Kier alpha value is -0.910. The number of hydrogen-bond donors (Lipinski definition) is 1. The lowest BCUT2D eigenvalue weighted by atomic mass is 9.84. The minimum Gasteiger partial charge on any atom is -0.493 e. The quantitative estimate of drug-likeness (QED) is 0.110. The lowest BCUT2D eigenvalue weighted by Crippen LogP contribution is -2.59. The van der Waals surface area contributed by atoms with Gasteiger partial charge in [0.15, 0.2) is 6.29 Å². The Morgan fingerprint density at radius 1 is 0.739 bits per heavy atom. The van der Waals surface area contributed by atoms with E-state index in [-0.39, 0.29) is 11.4 Å². The molecule has 0 aromatic heterocycles. The molecule has 2 fully saturated rings. The minimum absolute atomic E-state index is 0.163. The molecule has 0 bridgehead atoms. The Labute approximate surface area is 283 Å². The molecule has 0 saturated carbocycles. The molecule has 2 aliphatic heterocycles. The standard InChI is InChI=1S/C37H64O8S/c1-7-12-17-39-26-31-34(42-20-15-10-4)35(43-21-16-11-5)33(27-40-18-13-8-2)46-37(31,38)30-25-29(36-44-22-23-45-36)28(6)24-32(30)41-19-14-9-3/h24-25,31,33-36,38H,7-23,26-27H2,1-6H3/t31-,33-,34-,35-,37?/m1/s1. The van der Waals surface area contributed by atoms with E-state index in [4.69, 9.17) is 33.2 Å². The van der Waals surface area contributed by atoms with Crippen molar-refractivity contribution in [2.24, 2.45) is 5.92 Å². The van der Waals surface area contributed by atoms with Crippen molar-refractivity contribution in [3.05, 3.63) is 28.8 Å². The lowest BCUT2D eigenvalue weighted by Gasteiger charge is -2.51. The summed E-state index contributed by atoms with van der Waals surface area (Å²) in [4.78, 5) is -1.41. The van der Waals surface area contributed by atoms with Crippen LogP contribution in [0.4, 0.5) is 0 Å². The molecule has 266 valence electrons. The van der Waals surface area contributed by atoms with Gasteiger partial charge in [0.2, 0.25) is 0 Å². The van der Waals surface area contributed by atoms with Gasteiger partial charge in [-0.3, -0.25) is 0 Å². The Balaban J connectivity index is 2.15. The summed E-state index contributed by atoms with van der Waals surface area (Å²) in [5.74, 6) is 0.267. The van der Waals surface area contributed by atoms with Gasteiger partial charge in [0.05, 0.1) is 56.4 Å². The van der Waals surface area contributed by atoms with Crippen molar-refractivity contribution in [1.29, 1.82) is 0 Å². The van der Waals surface area contributed by atoms with Crippen LogP contribution in [-0.2, 0) is 33.4 Å². The van der Waals surface area contributed by atoms with Crippen LogP contribution in [0.1, 0.15) is 122 Å². The van der Waals surface area contributed by atoms with E-state index in [1.165, 1.54) is 11.8 Å². The maximum absolute atomic E-state index is 13.3. The fourth-order valence-corrected chi connectivity index (χ4v) is 7.56. The number of benzene rings is 1. The van der Waals surface area contributed by atoms with Gasteiger partial charge in [-0.15, -0.1) is 11.8 Å². The molecule has 2 saturated heterocycles. The first-order valence-electron chi connectivity index (χ1n) is 18.2. The summed E-state index contributed by atoms with van der Waals surface area (Å²) in [7, 11) is 0. The lowest BCUT2D eigenvalue weighted by molar-refractivity contribution is -0.157. The minimum atomic E-state index is -1.41. The van der Waals surface area contributed by atoms with Crippen molar-refractivity contribution in [2.45, 2.75) is 134 Å². The number of aryl methyl sites for hydroxylation is 1. The van der Waals surface area contributed by atoms with E-state index in [1.807, 2.05) is 6.07 Å². The van der Waals surface area contributed by atoms with E-state index in [0.29, 0.717) is 70.8 Å². The second-order valence-electron chi connectivity index (χ2n) is 12.7. The van der Waals surface area contributed by atoms with E-state index >= 15 is 0 Å². The first-order valence-corrected chi connectivity index (χ1v) is 19.1. The first kappa shape index (κ1) is 39.5. The monoisotopic (exact) mass is 668 g/mol. The topological polar surface area (TPSA) is 84.8 Å². The highest BCUT2D eigenvalue weighted by atomic mass is 32.2. The molecule has 0 radical (unpaired) electrons. The molecular formula is C37H64O8S. The van der Waals surface area contributed by atoms with Gasteiger partial charge in [-0.05, 0) is 56.7 Å². The Kier molecular flexibility index (Phi) is 18.8. The predicted octanol–water partition coefficient (Wildman–Crippen LogP) is 8.10. The van der Waals surface area contributed by atoms with Crippen LogP contribution in [-0.4, -0.2) is 82.0 Å². The largest absolute Gasteiger partial charge is 0.493 e. The summed E-state index contributed by atoms with van der Waals surface area (Å²) in [5, 5.41) is 13.1. The van der Waals surface area contributed by atoms with E-state index in [0.717, 1.165) is 75.3 Å². The molecule has 9 heteroatoms. The molecule has 1 aromatic carbocycles. The first-order chi connectivity index (χ1) is 22.4. The number of rotatable bonds is 24. The summed E-state index contributed by atoms with van der Waals surface area (Å²) >= 11 is 1.52. The third kappa shape index (κ3) is 11.3. The van der Waals surface area contributed by atoms with Crippen LogP contribution in [0.2, 0.25) is 0 Å². The molecule has 1 aromatic rings. The molecule has 3 rings (SSSR count). The molecule has 5 atom stereocenters. The van der Waals surface area contributed by atoms with E-state index in [2.05, 4.69) is 47.6 Å². The number of hydrogen-bond acceptors (Lipinski definition) is 9. The van der Waals surface area contributed by atoms with Gasteiger partial charge in [0, 0.05) is 37.6 Å². The molecule has 8 nitrogen and oxygen atoms in total. The van der Waals surface area contributed by atoms with Gasteiger partial charge in [0.25, 0.3) is 0 Å². The summed E-state index contributed by atoms with van der Waals surface area (Å²) in [6.45, 7) is 17.9. The van der Waals surface area contributed by atoms with Gasteiger partial charge >= 0.3 is 0 Å². The zero-order chi connectivity index (χ0) is 33.2. The molecule has 1 N–H and O–H groups in total. The van der Waals surface area contributed by atoms with Crippen molar-refractivity contribution in [3.63, 3.8) is 0 Å². The maximum Gasteiger partial charge on any atom is 0.184 e. The van der Waals surface area contributed by atoms with Gasteiger partial charge in [-0.2, -0.15) is 0 Å². The van der Waals surface area contributed by atoms with Gasteiger partial charge < -0.3 is 38.3 Å². The molecule has 0 aliphatic carbocycles. The van der Waals surface area contributed by atoms with Crippen molar-refractivity contribution >= 4 is 11.8 Å². The fraction of sp³-hybridized carbons (Fsp3) is 0.838. The molecule has 1 unspecified atom stereocenters. The molecular weight excluding hydrogens is 604 g/mol. The van der Waals surface area contributed by atoms with Crippen molar-refractivity contribution in [1.82, 2.24) is 0 Å². The highest BCUT2D eigenvalue weighted by Gasteiger charge is 2.56. The third-order valence-electron chi connectivity index (χ3n) is 8.79. The molecule has 2 heterocycles. The highest BCUT2D eigenvalue weighted by molar-refractivity contribution is 8.00. The second-order valence-corrected chi connectivity index (χ2v) is 14.1. The number of ether oxygens (including phenoxy) is 7. The smallest absolute Gasteiger partial charge is 0.184 e. The van der Waals surface area contributed by atoms with Crippen molar-refractivity contribution in [2.75, 3.05) is 59.5 Å². The average Bonchev–Trinajstić information content (AvgIpc) is 3.59. The van der Waals surface area contributed by atoms with Crippen LogP contribution in [0.3, 0.4) is 0 Å². The van der Waals surface area contributed by atoms with Crippen LogP contribution in [0.5, 0.6) is 5.75 Å². The number of aliphatic hydroxyl groups is 1. The Bertz CT molecular complexity index is 958. The average molecular weight is 669 g/mol. The zero-order valence-electron chi connectivity index (χ0n) is 29.7. The molecule has 2 aliphatic rings. The summed E-state index contributed by atoms with van der Waals surface area (Å²) in [6, 6.07) is 4.09. The second kappa shape index (κ2) is 21.9. The molecule has 0 amide bonds. The SMILES string of the molecule is CCCCOC[C@@H]1[C@@H](OCCCC)[C@H](OCCCC)[C@@H](COCCCC)SC1(O)c1cc(C2OCCO2)c(C)cc1OCCCC. The van der Waals surface area contributed by atoms with Crippen LogP contribution < -0.4 is 4.74 Å². The normalized spacial score (nSPS) is 25.4. The summed E-state index contributed by atoms with van der Waals surface area (Å²) in [6.07, 6.45) is 8.82. The third-order valence-corrected chi connectivity index (χ3v) is 10.4. The van der Waals surface area contributed by atoms with Gasteiger partial charge in [0.1, 0.15) is 10.7 Å².